The number of aromatic hydroxyl groups is 1. The summed E-state index contributed by atoms with van der Waals surface area (Å²) in [6.07, 6.45) is 2.13. The Hall–Kier alpha value is -2.09. The fourth-order valence-corrected chi connectivity index (χ4v) is 3.59. The number of amides is 1. The predicted molar refractivity (Wildman–Crippen MR) is 91.1 cm³/mol. The normalized spacial score (nSPS) is 17.0. The van der Waals surface area contributed by atoms with E-state index in [-0.39, 0.29) is 16.9 Å². The Bertz CT molecular complexity index is 695. The number of nitrogens with zero attached hydrogens (tertiary/aromatic N) is 5. The summed E-state index contributed by atoms with van der Waals surface area (Å²) in [6, 6.07) is 6.62. The second-order valence-corrected chi connectivity index (χ2v) is 7.47. The summed E-state index contributed by atoms with van der Waals surface area (Å²) in [7, 11) is 0. The maximum atomic E-state index is 12.6. The predicted octanol–water partition coefficient (Wildman–Crippen LogP) is 2.11. The van der Waals surface area contributed by atoms with E-state index < -0.39 is 0 Å². The number of hydrogen-bond donors (Lipinski definition) is 1. The van der Waals surface area contributed by atoms with Crippen molar-refractivity contribution in [1.29, 1.82) is 0 Å². The van der Waals surface area contributed by atoms with E-state index in [2.05, 4.69) is 22.4 Å². The maximum absolute atomic E-state index is 12.6. The van der Waals surface area contributed by atoms with Crippen LogP contribution in [0.3, 0.4) is 0 Å². The summed E-state index contributed by atoms with van der Waals surface area (Å²) < 4.78 is 1.58. The van der Waals surface area contributed by atoms with E-state index in [1.165, 1.54) is 11.8 Å². The van der Waals surface area contributed by atoms with E-state index in [1.54, 1.807) is 28.9 Å². The molecule has 2 heterocycles. The van der Waals surface area contributed by atoms with Gasteiger partial charge in [0, 0.05) is 13.1 Å². The van der Waals surface area contributed by atoms with Gasteiger partial charge in [0.25, 0.3) is 0 Å². The van der Waals surface area contributed by atoms with Gasteiger partial charge in [0.2, 0.25) is 11.1 Å². The topological polar surface area (TPSA) is 84.1 Å². The SMILES string of the molecule is CC1CCN(C(=O)[C@H](C)Sc2nnnn2-c2ccc(O)cc2)CC1. The third kappa shape index (κ3) is 3.69. The van der Waals surface area contributed by atoms with Gasteiger partial charge in [0.05, 0.1) is 10.9 Å². The second-order valence-electron chi connectivity index (χ2n) is 6.16. The standard InChI is InChI=1S/C16H21N5O2S/c1-11-7-9-20(10-8-11)15(23)12(2)24-16-17-18-19-21(16)13-3-5-14(22)6-4-13/h3-6,11-12,22H,7-10H2,1-2H3/t12-/m0/s1. The zero-order valence-corrected chi connectivity index (χ0v) is 14.6. The molecule has 3 rings (SSSR count). The van der Waals surface area contributed by atoms with Gasteiger partial charge in [-0.05, 0) is 60.4 Å². The van der Waals surface area contributed by atoms with Crippen LogP contribution in [0.15, 0.2) is 29.4 Å². The van der Waals surface area contributed by atoms with Crippen LogP contribution in [-0.4, -0.2) is 54.5 Å². The highest BCUT2D eigenvalue weighted by atomic mass is 32.2. The van der Waals surface area contributed by atoms with Crippen LogP contribution in [0, 0.1) is 5.92 Å². The number of carbonyl (C=O) groups is 1. The molecular weight excluding hydrogens is 326 g/mol. The molecule has 0 aliphatic carbocycles. The van der Waals surface area contributed by atoms with Crippen molar-refractivity contribution < 1.29 is 9.90 Å². The monoisotopic (exact) mass is 347 g/mol. The largest absolute Gasteiger partial charge is 0.508 e. The van der Waals surface area contributed by atoms with Gasteiger partial charge in [0.1, 0.15) is 5.75 Å². The first-order chi connectivity index (χ1) is 11.5. The fraction of sp³-hybridized carbons (Fsp3) is 0.500. The van der Waals surface area contributed by atoms with Crippen LogP contribution >= 0.6 is 11.8 Å². The number of likely N-dealkylation sites (tertiary alicyclic amines) is 1. The lowest BCUT2D eigenvalue weighted by Crippen LogP contribution is -2.41. The summed E-state index contributed by atoms with van der Waals surface area (Å²) in [6.45, 7) is 5.77. The van der Waals surface area contributed by atoms with Gasteiger partial charge in [-0.25, -0.2) is 0 Å². The number of aromatic nitrogens is 4. The Labute approximate surface area is 145 Å². The Balaban J connectivity index is 1.69. The van der Waals surface area contributed by atoms with Crippen LogP contribution in [0.5, 0.6) is 5.75 Å². The molecule has 2 aromatic rings. The van der Waals surface area contributed by atoms with Gasteiger partial charge < -0.3 is 10.0 Å². The minimum Gasteiger partial charge on any atom is -0.508 e. The molecule has 1 aromatic heterocycles. The summed E-state index contributed by atoms with van der Waals surface area (Å²) in [5.41, 5.74) is 0.742. The Morgan fingerprint density at radius 2 is 1.96 bits per heavy atom. The van der Waals surface area contributed by atoms with Gasteiger partial charge in [-0.3, -0.25) is 4.79 Å². The van der Waals surface area contributed by atoms with Crippen LogP contribution in [0.4, 0.5) is 0 Å². The molecule has 1 atom stereocenters. The average Bonchev–Trinajstić information content (AvgIpc) is 3.03. The van der Waals surface area contributed by atoms with Crippen LogP contribution in [0.1, 0.15) is 26.7 Å². The van der Waals surface area contributed by atoms with Crippen LogP contribution in [0.2, 0.25) is 0 Å². The molecule has 0 radical (unpaired) electrons. The van der Waals surface area contributed by atoms with Crippen molar-refractivity contribution in [2.45, 2.75) is 37.1 Å². The molecule has 1 fully saturated rings. The molecule has 7 nitrogen and oxygen atoms in total. The summed E-state index contributed by atoms with van der Waals surface area (Å²) in [5, 5.41) is 21.4. The molecule has 1 aliphatic rings. The van der Waals surface area contributed by atoms with Crippen molar-refractivity contribution in [3.8, 4) is 11.4 Å². The molecule has 0 spiro atoms. The molecule has 0 bridgehead atoms. The zero-order chi connectivity index (χ0) is 17.1. The summed E-state index contributed by atoms with van der Waals surface area (Å²) in [4.78, 5) is 14.6. The highest BCUT2D eigenvalue weighted by Crippen LogP contribution is 2.26. The Kier molecular flexibility index (Phi) is 5.03. The summed E-state index contributed by atoms with van der Waals surface area (Å²) in [5.74, 6) is 1.01. The number of carbonyl (C=O) groups excluding carboxylic acids is 1. The van der Waals surface area contributed by atoms with Crippen molar-refractivity contribution >= 4 is 17.7 Å². The third-order valence-electron chi connectivity index (χ3n) is 4.26. The van der Waals surface area contributed by atoms with E-state index in [0.717, 1.165) is 31.6 Å². The number of phenols is 1. The van der Waals surface area contributed by atoms with Crippen LogP contribution in [0.25, 0.3) is 5.69 Å². The average molecular weight is 347 g/mol. The van der Waals surface area contributed by atoms with E-state index in [0.29, 0.717) is 11.1 Å². The van der Waals surface area contributed by atoms with Crippen molar-refractivity contribution in [1.82, 2.24) is 25.1 Å². The molecule has 1 saturated heterocycles. The molecule has 1 N–H and O–H groups in total. The van der Waals surface area contributed by atoms with Gasteiger partial charge >= 0.3 is 0 Å². The molecule has 0 unspecified atom stereocenters. The molecular formula is C16H21N5O2S. The number of rotatable bonds is 4. The second kappa shape index (κ2) is 7.21. The van der Waals surface area contributed by atoms with E-state index >= 15 is 0 Å². The van der Waals surface area contributed by atoms with Crippen molar-refractivity contribution in [3.63, 3.8) is 0 Å². The lowest BCUT2D eigenvalue weighted by atomic mass is 9.99. The minimum absolute atomic E-state index is 0.132. The first-order valence-electron chi connectivity index (χ1n) is 8.08. The number of benzene rings is 1. The molecule has 1 aliphatic heterocycles. The fourth-order valence-electron chi connectivity index (χ4n) is 2.70. The zero-order valence-electron chi connectivity index (χ0n) is 13.8. The molecule has 128 valence electrons. The third-order valence-corrected chi connectivity index (χ3v) is 5.28. The van der Waals surface area contributed by atoms with Crippen molar-refractivity contribution in [3.05, 3.63) is 24.3 Å². The van der Waals surface area contributed by atoms with Gasteiger partial charge in [-0.1, -0.05) is 18.7 Å². The van der Waals surface area contributed by atoms with Gasteiger partial charge in [-0.2, -0.15) is 4.68 Å². The van der Waals surface area contributed by atoms with E-state index in [1.807, 2.05) is 11.8 Å². The lowest BCUT2D eigenvalue weighted by molar-refractivity contribution is -0.131. The van der Waals surface area contributed by atoms with E-state index in [9.17, 15) is 9.90 Å². The maximum Gasteiger partial charge on any atom is 0.235 e. The number of thioether (sulfide) groups is 1. The molecule has 8 heteroatoms. The van der Waals surface area contributed by atoms with Crippen LogP contribution < -0.4 is 0 Å². The van der Waals surface area contributed by atoms with Crippen molar-refractivity contribution in [2.24, 2.45) is 5.92 Å². The minimum atomic E-state index is -0.250. The summed E-state index contributed by atoms with van der Waals surface area (Å²) >= 11 is 1.35. The number of phenolic OH excluding ortho intramolecular Hbond substituents is 1. The molecule has 24 heavy (non-hydrogen) atoms. The van der Waals surface area contributed by atoms with Gasteiger partial charge in [0.15, 0.2) is 0 Å². The molecule has 0 saturated carbocycles. The van der Waals surface area contributed by atoms with Crippen LogP contribution in [-0.2, 0) is 4.79 Å². The first kappa shape index (κ1) is 16.8. The number of tetrazole rings is 1. The smallest absolute Gasteiger partial charge is 0.235 e. The van der Waals surface area contributed by atoms with Gasteiger partial charge in [-0.15, -0.1) is 5.10 Å². The Morgan fingerprint density at radius 3 is 2.62 bits per heavy atom. The lowest BCUT2D eigenvalue weighted by Gasteiger charge is -2.31. The molecule has 1 amide bonds. The van der Waals surface area contributed by atoms with E-state index in [4.69, 9.17) is 0 Å². The molecule has 1 aromatic carbocycles. The highest BCUT2D eigenvalue weighted by molar-refractivity contribution is 8.00. The number of piperidine rings is 1. The first-order valence-corrected chi connectivity index (χ1v) is 8.96. The van der Waals surface area contributed by atoms with Crippen molar-refractivity contribution in [2.75, 3.05) is 13.1 Å². The highest BCUT2D eigenvalue weighted by Gasteiger charge is 2.26. The quantitative estimate of drug-likeness (QED) is 0.853. The Morgan fingerprint density at radius 1 is 1.29 bits per heavy atom. The number of hydrogen-bond acceptors (Lipinski definition) is 6.